The smallest absolute Gasteiger partial charge is 0.125 e. The molecule has 1 aliphatic rings. The first-order valence-electron chi connectivity index (χ1n) is 6.85. The molecule has 0 aromatic heterocycles. The van der Waals surface area contributed by atoms with Gasteiger partial charge in [0.1, 0.15) is 5.75 Å². The van der Waals surface area contributed by atoms with E-state index in [9.17, 15) is 0 Å². The topological polar surface area (TPSA) is 9.23 Å². The van der Waals surface area contributed by atoms with Crippen LogP contribution >= 0.6 is 0 Å². The molecular weight excluding hydrogens is 208 g/mol. The van der Waals surface area contributed by atoms with E-state index in [1.54, 1.807) is 0 Å². The minimum Gasteiger partial charge on any atom is -0.496 e. The largest absolute Gasteiger partial charge is 0.496 e. The van der Waals surface area contributed by atoms with Gasteiger partial charge in [-0.25, -0.2) is 0 Å². The fourth-order valence-electron chi connectivity index (χ4n) is 2.63. The average molecular weight is 232 g/mol. The average Bonchev–Trinajstić information content (AvgIpc) is 3.20. The number of hydrogen-bond acceptors (Lipinski definition) is 1. The Morgan fingerprint density at radius 1 is 1.24 bits per heavy atom. The number of rotatable bonds is 5. The lowest BCUT2D eigenvalue weighted by atomic mass is 9.89. The first-order chi connectivity index (χ1) is 8.19. The Balaban J connectivity index is 2.37. The van der Waals surface area contributed by atoms with Crippen molar-refractivity contribution in [3.8, 4) is 5.75 Å². The predicted octanol–water partition coefficient (Wildman–Crippen LogP) is 4.72. The molecule has 1 saturated carbocycles. The quantitative estimate of drug-likeness (QED) is 0.713. The van der Waals surface area contributed by atoms with Crippen molar-refractivity contribution in [3.63, 3.8) is 0 Å². The van der Waals surface area contributed by atoms with Crippen LogP contribution in [0.3, 0.4) is 0 Å². The summed E-state index contributed by atoms with van der Waals surface area (Å²) in [4.78, 5) is 0. The van der Waals surface area contributed by atoms with E-state index in [1.807, 2.05) is 7.11 Å². The van der Waals surface area contributed by atoms with E-state index in [1.165, 1.54) is 24.0 Å². The summed E-state index contributed by atoms with van der Waals surface area (Å²) in [7, 11) is 1.81. The highest BCUT2D eigenvalue weighted by molar-refractivity contribution is 5.45. The molecule has 1 heteroatoms. The molecule has 2 atom stereocenters. The summed E-state index contributed by atoms with van der Waals surface area (Å²) in [5.74, 6) is 3.25. The third kappa shape index (κ3) is 2.48. The molecule has 0 aliphatic heterocycles. The molecule has 1 aliphatic carbocycles. The van der Waals surface area contributed by atoms with Gasteiger partial charge in [-0.15, -0.1) is 0 Å². The van der Waals surface area contributed by atoms with Gasteiger partial charge in [0, 0.05) is 0 Å². The molecule has 0 radical (unpaired) electrons. The standard InChI is InChI=1S/C16H24O/c1-5-11(2)14-7-6-8-15(16(14)17-4)12(3)13-9-10-13/h6-8,11-13H,5,9-10H2,1-4H3/t11-,12+/m1/s1. The van der Waals surface area contributed by atoms with Crippen LogP contribution in [-0.4, -0.2) is 7.11 Å². The van der Waals surface area contributed by atoms with Crippen LogP contribution in [0, 0.1) is 5.92 Å². The minimum absolute atomic E-state index is 0.580. The summed E-state index contributed by atoms with van der Waals surface area (Å²) in [6, 6.07) is 6.65. The summed E-state index contributed by atoms with van der Waals surface area (Å²) in [6.07, 6.45) is 3.94. The maximum atomic E-state index is 5.70. The minimum atomic E-state index is 0.580. The van der Waals surface area contributed by atoms with Gasteiger partial charge in [0.15, 0.2) is 0 Å². The fraction of sp³-hybridized carbons (Fsp3) is 0.625. The molecule has 0 heterocycles. The van der Waals surface area contributed by atoms with Gasteiger partial charge in [0.05, 0.1) is 7.11 Å². The zero-order valence-electron chi connectivity index (χ0n) is 11.5. The fourth-order valence-corrected chi connectivity index (χ4v) is 2.63. The van der Waals surface area contributed by atoms with Crippen LogP contribution < -0.4 is 4.74 Å². The molecule has 1 nitrogen and oxygen atoms in total. The van der Waals surface area contributed by atoms with Gasteiger partial charge in [0.25, 0.3) is 0 Å². The third-order valence-electron chi connectivity index (χ3n) is 4.24. The predicted molar refractivity (Wildman–Crippen MR) is 72.8 cm³/mol. The highest BCUT2D eigenvalue weighted by Crippen LogP contribution is 2.46. The van der Waals surface area contributed by atoms with Crippen LogP contribution in [-0.2, 0) is 0 Å². The first-order valence-corrected chi connectivity index (χ1v) is 6.85. The van der Waals surface area contributed by atoms with E-state index < -0.39 is 0 Å². The Bertz CT molecular complexity index is 379. The van der Waals surface area contributed by atoms with Gasteiger partial charge < -0.3 is 4.74 Å². The Morgan fingerprint density at radius 2 is 1.88 bits per heavy atom. The van der Waals surface area contributed by atoms with Gasteiger partial charge in [-0.05, 0) is 48.1 Å². The Kier molecular flexibility index (Phi) is 3.76. The molecule has 1 aromatic rings. The second-order valence-electron chi connectivity index (χ2n) is 5.41. The van der Waals surface area contributed by atoms with Crippen molar-refractivity contribution >= 4 is 0 Å². The van der Waals surface area contributed by atoms with Gasteiger partial charge in [-0.1, -0.05) is 39.0 Å². The Labute approximate surface area is 105 Å². The summed E-state index contributed by atoms with van der Waals surface area (Å²) in [6.45, 7) is 6.86. The van der Waals surface area contributed by atoms with E-state index in [-0.39, 0.29) is 0 Å². The number of methoxy groups -OCH3 is 1. The lowest BCUT2D eigenvalue weighted by Gasteiger charge is -2.21. The van der Waals surface area contributed by atoms with Crippen LogP contribution in [0.1, 0.15) is 63.0 Å². The number of para-hydroxylation sites is 1. The molecule has 1 aromatic carbocycles. The van der Waals surface area contributed by atoms with E-state index in [2.05, 4.69) is 39.0 Å². The number of benzene rings is 1. The Hall–Kier alpha value is -0.980. The lowest BCUT2D eigenvalue weighted by molar-refractivity contribution is 0.395. The molecule has 0 amide bonds. The van der Waals surface area contributed by atoms with Gasteiger partial charge >= 0.3 is 0 Å². The van der Waals surface area contributed by atoms with Crippen LogP contribution in [0.5, 0.6) is 5.75 Å². The molecule has 0 N–H and O–H groups in total. The van der Waals surface area contributed by atoms with Crippen molar-refractivity contribution in [1.29, 1.82) is 0 Å². The normalized spacial score (nSPS) is 18.8. The van der Waals surface area contributed by atoms with E-state index >= 15 is 0 Å². The maximum absolute atomic E-state index is 5.70. The monoisotopic (exact) mass is 232 g/mol. The third-order valence-corrected chi connectivity index (χ3v) is 4.24. The summed E-state index contributed by atoms with van der Waals surface area (Å²) in [5.41, 5.74) is 2.78. The first kappa shape index (κ1) is 12.5. The lowest BCUT2D eigenvalue weighted by Crippen LogP contribution is -2.04. The molecule has 94 valence electrons. The summed E-state index contributed by atoms with van der Waals surface area (Å²) < 4.78 is 5.70. The highest BCUT2D eigenvalue weighted by Gasteiger charge is 2.31. The molecule has 2 rings (SSSR count). The molecule has 0 spiro atoms. The van der Waals surface area contributed by atoms with Gasteiger partial charge in [-0.3, -0.25) is 0 Å². The molecular formula is C16H24O. The highest BCUT2D eigenvalue weighted by atomic mass is 16.5. The molecule has 0 unspecified atom stereocenters. The van der Waals surface area contributed by atoms with Crippen LogP contribution in [0.15, 0.2) is 18.2 Å². The molecule has 17 heavy (non-hydrogen) atoms. The molecule has 0 saturated heterocycles. The second-order valence-corrected chi connectivity index (χ2v) is 5.41. The van der Waals surface area contributed by atoms with Crippen LogP contribution in [0.2, 0.25) is 0 Å². The zero-order valence-corrected chi connectivity index (χ0v) is 11.5. The van der Waals surface area contributed by atoms with Crippen LogP contribution in [0.25, 0.3) is 0 Å². The van der Waals surface area contributed by atoms with Crippen molar-refractivity contribution < 1.29 is 4.74 Å². The van der Waals surface area contributed by atoms with Gasteiger partial charge in [0.2, 0.25) is 0 Å². The van der Waals surface area contributed by atoms with E-state index in [0.717, 1.165) is 18.1 Å². The Morgan fingerprint density at radius 3 is 2.41 bits per heavy atom. The SMILES string of the molecule is CC[C@@H](C)c1cccc([C@@H](C)C2CC2)c1OC. The summed E-state index contributed by atoms with van der Waals surface area (Å²) in [5, 5.41) is 0. The number of hydrogen-bond donors (Lipinski definition) is 0. The number of ether oxygens (including phenoxy) is 1. The van der Waals surface area contributed by atoms with Crippen molar-refractivity contribution in [3.05, 3.63) is 29.3 Å². The van der Waals surface area contributed by atoms with Crippen molar-refractivity contribution in [1.82, 2.24) is 0 Å². The van der Waals surface area contributed by atoms with Crippen molar-refractivity contribution in [2.24, 2.45) is 5.92 Å². The zero-order chi connectivity index (χ0) is 12.4. The molecule has 1 fully saturated rings. The van der Waals surface area contributed by atoms with Crippen molar-refractivity contribution in [2.75, 3.05) is 7.11 Å². The second kappa shape index (κ2) is 5.12. The molecule has 0 bridgehead atoms. The van der Waals surface area contributed by atoms with E-state index in [4.69, 9.17) is 4.74 Å². The maximum Gasteiger partial charge on any atom is 0.125 e. The van der Waals surface area contributed by atoms with Gasteiger partial charge in [-0.2, -0.15) is 0 Å². The van der Waals surface area contributed by atoms with Crippen molar-refractivity contribution in [2.45, 2.75) is 51.9 Å². The summed E-state index contributed by atoms with van der Waals surface area (Å²) >= 11 is 0. The van der Waals surface area contributed by atoms with E-state index in [0.29, 0.717) is 11.8 Å². The van der Waals surface area contributed by atoms with Crippen LogP contribution in [0.4, 0.5) is 0 Å².